The van der Waals surface area contributed by atoms with Gasteiger partial charge in [-0.05, 0) is 17.5 Å². The molecule has 0 aliphatic carbocycles. The second-order valence-corrected chi connectivity index (χ2v) is 7.46. The number of piperazine rings is 1. The summed E-state index contributed by atoms with van der Waals surface area (Å²) in [5.74, 6) is 0.814. The molecule has 1 fully saturated rings. The van der Waals surface area contributed by atoms with Gasteiger partial charge in [-0.25, -0.2) is 0 Å². The van der Waals surface area contributed by atoms with Gasteiger partial charge in [-0.15, -0.1) is 0 Å². The molecule has 1 aliphatic rings. The first-order valence-corrected chi connectivity index (χ1v) is 9.94. The first-order valence-electron chi connectivity index (χ1n) is 9.56. The number of aliphatic hydroxyl groups is 1. The largest absolute Gasteiger partial charge is 0.490 e. The van der Waals surface area contributed by atoms with Gasteiger partial charge >= 0.3 is 0 Å². The van der Waals surface area contributed by atoms with Crippen LogP contribution in [0.4, 0.5) is 5.69 Å². The number of anilines is 1. The SMILES string of the molecule is OC(COc1cccc2ccccc12)CN1CCN(c2ccncc2Cl)CC1. The van der Waals surface area contributed by atoms with Gasteiger partial charge in [0, 0.05) is 50.5 Å². The van der Waals surface area contributed by atoms with Crippen LogP contribution in [-0.4, -0.2) is 60.4 Å². The zero-order valence-electron chi connectivity index (χ0n) is 15.7. The van der Waals surface area contributed by atoms with Crippen molar-refractivity contribution >= 4 is 28.1 Å². The lowest BCUT2D eigenvalue weighted by Crippen LogP contribution is -2.49. The predicted octanol–water partition coefficient (Wildman–Crippen LogP) is 3.45. The Morgan fingerprint density at radius 3 is 2.64 bits per heavy atom. The van der Waals surface area contributed by atoms with Gasteiger partial charge in [-0.3, -0.25) is 9.88 Å². The van der Waals surface area contributed by atoms with Gasteiger partial charge in [0.05, 0.1) is 10.7 Å². The molecule has 6 heteroatoms. The minimum atomic E-state index is -0.532. The number of nitrogens with zero attached hydrogens (tertiary/aromatic N) is 3. The van der Waals surface area contributed by atoms with Crippen molar-refractivity contribution in [3.05, 3.63) is 65.9 Å². The van der Waals surface area contributed by atoms with E-state index in [1.54, 1.807) is 12.4 Å². The minimum absolute atomic E-state index is 0.282. The van der Waals surface area contributed by atoms with E-state index in [9.17, 15) is 5.11 Å². The number of aromatic nitrogens is 1. The Labute approximate surface area is 170 Å². The average Bonchev–Trinajstić information content (AvgIpc) is 2.73. The van der Waals surface area contributed by atoms with Crippen molar-refractivity contribution in [2.24, 2.45) is 0 Å². The Morgan fingerprint density at radius 1 is 1.04 bits per heavy atom. The molecule has 4 rings (SSSR count). The van der Waals surface area contributed by atoms with Crippen LogP contribution in [0.25, 0.3) is 10.8 Å². The fourth-order valence-corrected chi connectivity index (χ4v) is 3.89. The third-order valence-electron chi connectivity index (χ3n) is 5.11. The van der Waals surface area contributed by atoms with E-state index in [1.165, 1.54) is 0 Å². The van der Waals surface area contributed by atoms with Gasteiger partial charge in [0.1, 0.15) is 18.5 Å². The third-order valence-corrected chi connectivity index (χ3v) is 5.41. The number of fused-ring (bicyclic) bond motifs is 1. The maximum Gasteiger partial charge on any atom is 0.127 e. The number of benzene rings is 2. The van der Waals surface area contributed by atoms with Gasteiger partial charge < -0.3 is 14.7 Å². The van der Waals surface area contributed by atoms with E-state index in [0.717, 1.165) is 48.4 Å². The van der Waals surface area contributed by atoms with E-state index in [4.69, 9.17) is 16.3 Å². The molecular weight excluding hydrogens is 374 g/mol. The third kappa shape index (κ3) is 4.38. The van der Waals surface area contributed by atoms with E-state index in [-0.39, 0.29) is 6.61 Å². The number of pyridine rings is 1. The number of rotatable bonds is 6. The van der Waals surface area contributed by atoms with E-state index >= 15 is 0 Å². The highest BCUT2D eigenvalue weighted by Gasteiger charge is 2.21. The molecular formula is C22H24ClN3O2. The van der Waals surface area contributed by atoms with Crippen LogP contribution in [0.15, 0.2) is 60.9 Å². The lowest BCUT2D eigenvalue weighted by Gasteiger charge is -2.37. The zero-order chi connectivity index (χ0) is 19.3. The molecule has 1 atom stereocenters. The van der Waals surface area contributed by atoms with Crippen molar-refractivity contribution in [3.8, 4) is 5.75 Å². The molecule has 5 nitrogen and oxygen atoms in total. The van der Waals surface area contributed by atoms with Gasteiger partial charge in [-0.1, -0.05) is 48.0 Å². The fourth-order valence-electron chi connectivity index (χ4n) is 3.65. The van der Waals surface area contributed by atoms with E-state index in [2.05, 4.69) is 26.9 Å². The van der Waals surface area contributed by atoms with Crippen LogP contribution in [0.2, 0.25) is 5.02 Å². The maximum atomic E-state index is 10.5. The molecule has 2 aromatic carbocycles. The first kappa shape index (κ1) is 19.0. The molecule has 146 valence electrons. The van der Waals surface area contributed by atoms with Crippen LogP contribution in [0.1, 0.15) is 0 Å². The predicted molar refractivity (Wildman–Crippen MR) is 113 cm³/mol. The quantitative estimate of drug-likeness (QED) is 0.690. The molecule has 2 heterocycles. The number of aliphatic hydroxyl groups excluding tert-OH is 1. The number of hydrogen-bond donors (Lipinski definition) is 1. The normalized spacial score (nSPS) is 16.3. The van der Waals surface area contributed by atoms with Gasteiger partial charge in [-0.2, -0.15) is 0 Å². The summed E-state index contributed by atoms with van der Waals surface area (Å²) in [6.45, 7) is 4.39. The van der Waals surface area contributed by atoms with Crippen LogP contribution in [0, 0.1) is 0 Å². The molecule has 0 amide bonds. The molecule has 1 saturated heterocycles. The lowest BCUT2D eigenvalue weighted by atomic mass is 10.1. The molecule has 1 N–H and O–H groups in total. The molecule has 28 heavy (non-hydrogen) atoms. The fraction of sp³-hybridized carbons (Fsp3) is 0.318. The molecule has 0 bridgehead atoms. The van der Waals surface area contributed by atoms with Crippen LogP contribution in [0.3, 0.4) is 0 Å². The zero-order valence-corrected chi connectivity index (χ0v) is 16.4. The summed E-state index contributed by atoms with van der Waals surface area (Å²) >= 11 is 6.24. The molecule has 0 radical (unpaired) electrons. The second kappa shape index (κ2) is 8.78. The monoisotopic (exact) mass is 397 g/mol. The topological polar surface area (TPSA) is 48.8 Å². The van der Waals surface area contributed by atoms with Crippen LogP contribution >= 0.6 is 11.6 Å². The van der Waals surface area contributed by atoms with Crippen LogP contribution < -0.4 is 9.64 Å². The standard InChI is InChI=1S/C22H24ClN3O2/c23-20-14-24-9-8-21(20)26-12-10-25(11-13-26)15-18(27)16-28-22-7-3-5-17-4-1-2-6-19(17)22/h1-9,14,18,27H,10-13,15-16H2. The Kier molecular flexibility index (Phi) is 5.95. The highest BCUT2D eigenvalue weighted by Crippen LogP contribution is 2.26. The lowest BCUT2D eigenvalue weighted by molar-refractivity contribution is 0.0668. The maximum absolute atomic E-state index is 10.5. The van der Waals surface area contributed by atoms with Crippen LogP contribution in [-0.2, 0) is 0 Å². The summed E-state index contributed by atoms with van der Waals surface area (Å²) in [4.78, 5) is 8.57. The highest BCUT2D eigenvalue weighted by atomic mass is 35.5. The number of halogens is 1. The van der Waals surface area contributed by atoms with E-state index < -0.39 is 6.10 Å². The Bertz CT molecular complexity index is 923. The highest BCUT2D eigenvalue weighted by molar-refractivity contribution is 6.33. The van der Waals surface area contributed by atoms with Gasteiger partial charge in [0.2, 0.25) is 0 Å². The van der Waals surface area contributed by atoms with E-state index in [0.29, 0.717) is 11.6 Å². The van der Waals surface area contributed by atoms with Crippen molar-refractivity contribution in [2.45, 2.75) is 6.10 Å². The molecule has 3 aromatic rings. The number of β-amino-alcohol motifs (C(OH)–C–C–N with tert-alkyl or cyclic N) is 1. The smallest absolute Gasteiger partial charge is 0.127 e. The summed E-state index contributed by atoms with van der Waals surface area (Å²) in [7, 11) is 0. The van der Waals surface area contributed by atoms with Gasteiger partial charge in [0.25, 0.3) is 0 Å². The second-order valence-electron chi connectivity index (χ2n) is 7.06. The van der Waals surface area contributed by atoms with Crippen molar-refractivity contribution in [1.29, 1.82) is 0 Å². The van der Waals surface area contributed by atoms with Crippen molar-refractivity contribution in [3.63, 3.8) is 0 Å². The van der Waals surface area contributed by atoms with Gasteiger partial charge in [0.15, 0.2) is 0 Å². The van der Waals surface area contributed by atoms with Crippen molar-refractivity contribution < 1.29 is 9.84 Å². The Morgan fingerprint density at radius 2 is 1.82 bits per heavy atom. The van der Waals surface area contributed by atoms with Crippen molar-refractivity contribution in [1.82, 2.24) is 9.88 Å². The first-order chi connectivity index (χ1) is 13.7. The molecule has 1 aliphatic heterocycles. The minimum Gasteiger partial charge on any atom is -0.490 e. The molecule has 0 saturated carbocycles. The summed E-state index contributed by atoms with van der Waals surface area (Å²) in [6, 6.07) is 16.1. The summed E-state index contributed by atoms with van der Waals surface area (Å²) in [5.41, 5.74) is 1.02. The summed E-state index contributed by atoms with van der Waals surface area (Å²) in [5, 5.41) is 13.3. The number of hydrogen-bond acceptors (Lipinski definition) is 5. The Hall–Kier alpha value is -2.34. The summed E-state index contributed by atoms with van der Waals surface area (Å²) < 4.78 is 5.92. The van der Waals surface area contributed by atoms with E-state index in [1.807, 2.05) is 36.4 Å². The number of ether oxygens (including phenoxy) is 1. The Balaban J connectivity index is 1.28. The molecule has 1 unspecified atom stereocenters. The summed E-state index contributed by atoms with van der Waals surface area (Å²) in [6.07, 6.45) is 2.91. The molecule has 1 aromatic heterocycles. The van der Waals surface area contributed by atoms with Crippen molar-refractivity contribution in [2.75, 3.05) is 44.2 Å². The van der Waals surface area contributed by atoms with Crippen LogP contribution in [0.5, 0.6) is 5.75 Å². The average molecular weight is 398 g/mol. The molecule has 0 spiro atoms.